The highest BCUT2D eigenvalue weighted by Gasteiger charge is 2.27. The number of methoxy groups -OCH3 is 1. The number of aryl methyl sites for hydroxylation is 1. The number of fused-ring (bicyclic) bond motifs is 1. The molecule has 0 saturated carbocycles. The average molecular weight is 323 g/mol. The molecule has 0 spiro atoms. The lowest BCUT2D eigenvalue weighted by atomic mass is 10.0. The average Bonchev–Trinajstić information content (AvgIpc) is 3.23. The van der Waals surface area contributed by atoms with E-state index < -0.39 is 0 Å². The maximum Gasteiger partial charge on any atom is 0.163 e. The van der Waals surface area contributed by atoms with Crippen molar-refractivity contribution in [2.24, 2.45) is 7.05 Å². The van der Waals surface area contributed by atoms with Gasteiger partial charge in [-0.05, 0) is 37.0 Å². The fourth-order valence-corrected chi connectivity index (χ4v) is 3.54. The molecule has 124 valence electrons. The molecule has 1 atom stereocenters. The Kier molecular flexibility index (Phi) is 3.80. The van der Waals surface area contributed by atoms with Crippen molar-refractivity contribution in [1.82, 2.24) is 19.7 Å². The molecule has 3 aromatic rings. The number of benzene rings is 1. The Balaban J connectivity index is 1.61. The molecule has 1 saturated heterocycles. The summed E-state index contributed by atoms with van der Waals surface area (Å²) in [5, 5.41) is 5.36. The van der Waals surface area contributed by atoms with E-state index in [0.717, 1.165) is 35.6 Å². The second-order valence-corrected chi connectivity index (χ2v) is 6.24. The van der Waals surface area contributed by atoms with Gasteiger partial charge in [0.25, 0.3) is 0 Å². The van der Waals surface area contributed by atoms with Gasteiger partial charge in [-0.25, -0.2) is 9.97 Å². The first-order valence-electron chi connectivity index (χ1n) is 8.28. The first-order chi connectivity index (χ1) is 11.8. The molecule has 0 N–H and O–H groups in total. The summed E-state index contributed by atoms with van der Waals surface area (Å²) >= 11 is 0. The van der Waals surface area contributed by atoms with E-state index in [1.807, 2.05) is 25.4 Å². The van der Waals surface area contributed by atoms with Crippen molar-refractivity contribution in [2.75, 3.05) is 18.6 Å². The Morgan fingerprint density at radius 3 is 2.83 bits per heavy atom. The SMILES string of the molecule is COc1ccc(CC2CCCN2c2ncnc3c2cnn3C)cc1. The minimum atomic E-state index is 0.455. The van der Waals surface area contributed by atoms with Crippen LogP contribution in [0.1, 0.15) is 18.4 Å². The maximum absolute atomic E-state index is 5.24. The predicted molar refractivity (Wildman–Crippen MR) is 93.4 cm³/mol. The highest BCUT2D eigenvalue weighted by atomic mass is 16.5. The van der Waals surface area contributed by atoms with Crippen molar-refractivity contribution < 1.29 is 4.74 Å². The fraction of sp³-hybridized carbons (Fsp3) is 0.389. The lowest BCUT2D eigenvalue weighted by molar-refractivity contribution is 0.414. The molecule has 6 nitrogen and oxygen atoms in total. The van der Waals surface area contributed by atoms with Gasteiger partial charge in [-0.1, -0.05) is 12.1 Å². The third-order valence-corrected chi connectivity index (χ3v) is 4.79. The van der Waals surface area contributed by atoms with E-state index in [9.17, 15) is 0 Å². The van der Waals surface area contributed by atoms with E-state index in [1.54, 1.807) is 18.1 Å². The number of hydrogen-bond acceptors (Lipinski definition) is 5. The van der Waals surface area contributed by atoms with E-state index >= 15 is 0 Å². The molecule has 6 heteroatoms. The lowest BCUT2D eigenvalue weighted by Crippen LogP contribution is -2.31. The molecule has 3 heterocycles. The smallest absolute Gasteiger partial charge is 0.163 e. The van der Waals surface area contributed by atoms with E-state index in [2.05, 4.69) is 32.1 Å². The molecule has 0 amide bonds. The number of anilines is 1. The molecule has 1 aromatic carbocycles. The lowest BCUT2D eigenvalue weighted by Gasteiger charge is -2.26. The molecule has 4 rings (SSSR count). The van der Waals surface area contributed by atoms with E-state index in [4.69, 9.17) is 4.74 Å². The summed E-state index contributed by atoms with van der Waals surface area (Å²) in [4.78, 5) is 11.3. The zero-order chi connectivity index (χ0) is 16.5. The molecular weight excluding hydrogens is 302 g/mol. The van der Waals surface area contributed by atoms with Crippen LogP contribution in [0.2, 0.25) is 0 Å². The normalized spacial score (nSPS) is 17.6. The minimum Gasteiger partial charge on any atom is -0.497 e. The Morgan fingerprint density at radius 1 is 1.21 bits per heavy atom. The van der Waals surface area contributed by atoms with Gasteiger partial charge < -0.3 is 9.64 Å². The third kappa shape index (κ3) is 2.58. The predicted octanol–water partition coefficient (Wildman–Crippen LogP) is 2.58. The van der Waals surface area contributed by atoms with Crippen molar-refractivity contribution in [1.29, 1.82) is 0 Å². The van der Waals surface area contributed by atoms with Gasteiger partial charge in [0.15, 0.2) is 5.65 Å². The van der Waals surface area contributed by atoms with Crippen LogP contribution in [0.5, 0.6) is 5.75 Å². The van der Waals surface area contributed by atoms with Gasteiger partial charge in [-0.2, -0.15) is 5.10 Å². The Bertz CT molecular complexity index is 842. The molecule has 0 radical (unpaired) electrons. The molecule has 0 aliphatic carbocycles. The fourth-order valence-electron chi connectivity index (χ4n) is 3.54. The van der Waals surface area contributed by atoms with Crippen molar-refractivity contribution in [3.05, 3.63) is 42.4 Å². The summed E-state index contributed by atoms with van der Waals surface area (Å²) in [6.45, 7) is 1.03. The van der Waals surface area contributed by atoms with Gasteiger partial charge in [0.1, 0.15) is 17.9 Å². The molecule has 1 aliphatic rings. The summed E-state index contributed by atoms with van der Waals surface area (Å²) < 4.78 is 7.04. The van der Waals surface area contributed by atoms with E-state index in [1.165, 1.54) is 18.4 Å². The van der Waals surface area contributed by atoms with Gasteiger partial charge in [-0.3, -0.25) is 4.68 Å². The third-order valence-electron chi connectivity index (χ3n) is 4.79. The standard InChI is InChI=1S/C18H21N5O/c1-22-17-16(11-21-22)18(20-12-19-17)23-9-3-4-14(23)10-13-5-7-15(24-2)8-6-13/h5-8,11-12,14H,3-4,9-10H2,1-2H3. The number of aromatic nitrogens is 4. The highest BCUT2D eigenvalue weighted by molar-refractivity contribution is 5.86. The van der Waals surface area contributed by atoms with Crippen LogP contribution in [0, 0.1) is 0 Å². The topological polar surface area (TPSA) is 56.1 Å². The second kappa shape index (κ2) is 6.11. The quantitative estimate of drug-likeness (QED) is 0.738. The molecule has 0 bridgehead atoms. The summed E-state index contributed by atoms with van der Waals surface area (Å²) in [6.07, 6.45) is 6.88. The van der Waals surface area contributed by atoms with Gasteiger partial charge in [0, 0.05) is 19.6 Å². The largest absolute Gasteiger partial charge is 0.497 e. The van der Waals surface area contributed by atoms with Crippen LogP contribution in [0.15, 0.2) is 36.8 Å². The molecular formula is C18H21N5O. The van der Waals surface area contributed by atoms with Crippen LogP contribution in [0.25, 0.3) is 11.0 Å². The zero-order valence-electron chi connectivity index (χ0n) is 14.0. The van der Waals surface area contributed by atoms with Gasteiger partial charge in [0.2, 0.25) is 0 Å². The van der Waals surface area contributed by atoms with Crippen LogP contribution in [-0.4, -0.2) is 39.4 Å². The van der Waals surface area contributed by atoms with Crippen LogP contribution >= 0.6 is 0 Å². The number of ether oxygens (including phenoxy) is 1. The monoisotopic (exact) mass is 323 g/mol. The highest BCUT2D eigenvalue weighted by Crippen LogP contribution is 2.30. The first kappa shape index (κ1) is 14.9. The van der Waals surface area contributed by atoms with Crippen molar-refractivity contribution in [3.8, 4) is 5.75 Å². The minimum absolute atomic E-state index is 0.455. The first-order valence-corrected chi connectivity index (χ1v) is 8.28. The molecule has 2 aromatic heterocycles. The van der Waals surface area contributed by atoms with E-state index in [0.29, 0.717) is 6.04 Å². The Labute approximate surface area is 141 Å². The summed E-state index contributed by atoms with van der Waals surface area (Å²) in [6, 6.07) is 8.80. The number of nitrogens with zero attached hydrogens (tertiary/aromatic N) is 5. The molecule has 24 heavy (non-hydrogen) atoms. The second-order valence-electron chi connectivity index (χ2n) is 6.24. The van der Waals surface area contributed by atoms with Crippen LogP contribution in [-0.2, 0) is 13.5 Å². The summed E-state index contributed by atoms with van der Waals surface area (Å²) in [5.41, 5.74) is 2.21. The molecule has 1 aliphatic heterocycles. The zero-order valence-corrected chi connectivity index (χ0v) is 14.0. The van der Waals surface area contributed by atoms with E-state index in [-0.39, 0.29) is 0 Å². The van der Waals surface area contributed by atoms with Crippen molar-refractivity contribution in [2.45, 2.75) is 25.3 Å². The van der Waals surface area contributed by atoms with Crippen molar-refractivity contribution >= 4 is 16.9 Å². The van der Waals surface area contributed by atoms with Crippen molar-refractivity contribution in [3.63, 3.8) is 0 Å². The van der Waals surface area contributed by atoms with Gasteiger partial charge in [0.05, 0.1) is 18.7 Å². The molecule has 1 unspecified atom stereocenters. The van der Waals surface area contributed by atoms with Crippen LogP contribution < -0.4 is 9.64 Å². The van der Waals surface area contributed by atoms with Crippen LogP contribution in [0.3, 0.4) is 0 Å². The maximum atomic E-state index is 5.24. The number of rotatable bonds is 4. The Morgan fingerprint density at radius 2 is 2.04 bits per heavy atom. The van der Waals surface area contributed by atoms with Gasteiger partial charge in [-0.15, -0.1) is 0 Å². The molecule has 1 fully saturated rings. The van der Waals surface area contributed by atoms with Crippen LogP contribution in [0.4, 0.5) is 5.82 Å². The Hall–Kier alpha value is -2.63. The number of hydrogen-bond donors (Lipinski definition) is 0. The summed E-state index contributed by atoms with van der Waals surface area (Å²) in [7, 11) is 3.61. The van der Waals surface area contributed by atoms with Gasteiger partial charge >= 0.3 is 0 Å². The summed E-state index contributed by atoms with van der Waals surface area (Å²) in [5.74, 6) is 1.90.